The van der Waals surface area contributed by atoms with Crippen molar-refractivity contribution in [3.05, 3.63) is 23.6 Å². The molecule has 17 heavy (non-hydrogen) atoms. The van der Waals surface area contributed by atoms with Gasteiger partial charge in [0.25, 0.3) is 0 Å². The van der Waals surface area contributed by atoms with Gasteiger partial charge in [0.2, 0.25) is 5.89 Å². The minimum atomic E-state index is 0.483. The predicted molar refractivity (Wildman–Crippen MR) is 62.4 cm³/mol. The third-order valence-electron chi connectivity index (χ3n) is 2.32. The Morgan fingerprint density at radius 2 is 2.18 bits per heavy atom. The molecule has 0 aromatic carbocycles. The van der Waals surface area contributed by atoms with Crippen LogP contribution in [0.4, 0.5) is 11.6 Å². The largest absolute Gasteiger partial charge is 0.383 e. The Balaban J connectivity index is 1.92. The number of anilines is 2. The summed E-state index contributed by atoms with van der Waals surface area (Å²) in [5.41, 5.74) is 6.52. The highest BCUT2D eigenvalue weighted by molar-refractivity contribution is 5.53. The molecule has 0 radical (unpaired) electrons. The fraction of sp³-hybridized carbons (Fsp3) is 0.400. The molecule has 0 spiro atoms. The lowest BCUT2D eigenvalue weighted by Gasteiger charge is -2.07. The summed E-state index contributed by atoms with van der Waals surface area (Å²) < 4.78 is 5.00. The van der Waals surface area contributed by atoms with Crippen molar-refractivity contribution in [1.29, 1.82) is 0 Å². The molecular weight excluding hydrogens is 220 g/mol. The van der Waals surface area contributed by atoms with E-state index >= 15 is 0 Å². The van der Waals surface area contributed by atoms with E-state index < -0.39 is 0 Å². The molecule has 0 bridgehead atoms. The van der Waals surface area contributed by atoms with Gasteiger partial charge in [-0.1, -0.05) is 5.16 Å². The van der Waals surface area contributed by atoms with Crippen LogP contribution in [0.1, 0.15) is 17.3 Å². The van der Waals surface area contributed by atoms with Gasteiger partial charge >= 0.3 is 0 Å². The SMILES string of the molecule is Cc1noc(CCNc2ncnc(N)c2C)n1. The highest BCUT2D eigenvalue weighted by atomic mass is 16.5. The van der Waals surface area contributed by atoms with Crippen LogP contribution in [-0.2, 0) is 6.42 Å². The van der Waals surface area contributed by atoms with Gasteiger partial charge in [-0.2, -0.15) is 4.98 Å². The molecule has 90 valence electrons. The number of nitrogen functional groups attached to an aromatic ring is 1. The molecule has 0 unspecified atom stereocenters. The summed E-state index contributed by atoms with van der Waals surface area (Å²) in [6.45, 7) is 4.31. The number of aromatic nitrogens is 4. The van der Waals surface area contributed by atoms with Crippen LogP contribution in [0.2, 0.25) is 0 Å². The second-order valence-corrected chi connectivity index (χ2v) is 3.64. The molecule has 2 heterocycles. The maximum absolute atomic E-state index is 5.67. The monoisotopic (exact) mass is 234 g/mol. The molecule has 7 nitrogen and oxygen atoms in total. The summed E-state index contributed by atoms with van der Waals surface area (Å²) in [5, 5.41) is 6.87. The molecule has 2 aromatic heterocycles. The van der Waals surface area contributed by atoms with Crippen molar-refractivity contribution in [2.45, 2.75) is 20.3 Å². The van der Waals surface area contributed by atoms with Crippen LogP contribution in [0.3, 0.4) is 0 Å². The summed E-state index contributed by atoms with van der Waals surface area (Å²) in [5.74, 6) is 2.46. The zero-order valence-corrected chi connectivity index (χ0v) is 9.77. The second kappa shape index (κ2) is 4.77. The fourth-order valence-electron chi connectivity index (χ4n) is 1.37. The van der Waals surface area contributed by atoms with Crippen molar-refractivity contribution < 1.29 is 4.52 Å². The summed E-state index contributed by atoms with van der Waals surface area (Å²) in [7, 11) is 0. The van der Waals surface area contributed by atoms with Gasteiger partial charge in [0.15, 0.2) is 5.82 Å². The molecule has 0 atom stereocenters. The number of nitrogens with zero attached hydrogens (tertiary/aromatic N) is 4. The number of rotatable bonds is 4. The number of hydrogen-bond donors (Lipinski definition) is 2. The van der Waals surface area contributed by atoms with E-state index in [1.165, 1.54) is 6.33 Å². The van der Waals surface area contributed by atoms with E-state index in [1.54, 1.807) is 6.92 Å². The van der Waals surface area contributed by atoms with E-state index in [1.807, 2.05) is 6.92 Å². The van der Waals surface area contributed by atoms with Crippen LogP contribution in [0, 0.1) is 13.8 Å². The zero-order chi connectivity index (χ0) is 12.3. The Morgan fingerprint density at radius 1 is 1.35 bits per heavy atom. The average Bonchev–Trinajstić information content (AvgIpc) is 2.70. The molecule has 0 saturated carbocycles. The van der Waals surface area contributed by atoms with Crippen molar-refractivity contribution in [2.24, 2.45) is 0 Å². The normalized spacial score (nSPS) is 10.5. The molecule has 0 aliphatic rings. The third-order valence-corrected chi connectivity index (χ3v) is 2.32. The molecule has 0 fully saturated rings. The quantitative estimate of drug-likeness (QED) is 0.803. The van der Waals surface area contributed by atoms with Crippen molar-refractivity contribution in [3.63, 3.8) is 0 Å². The Bertz CT molecular complexity index is 509. The number of hydrogen-bond acceptors (Lipinski definition) is 7. The molecule has 3 N–H and O–H groups in total. The molecule has 0 saturated heterocycles. The van der Waals surface area contributed by atoms with Crippen molar-refractivity contribution in [2.75, 3.05) is 17.6 Å². The molecular formula is C10H14N6O. The molecule has 2 rings (SSSR count). The minimum Gasteiger partial charge on any atom is -0.383 e. The third kappa shape index (κ3) is 2.68. The minimum absolute atomic E-state index is 0.483. The molecule has 0 amide bonds. The fourth-order valence-corrected chi connectivity index (χ4v) is 1.37. The number of nitrogens with two attached hydrogens (primary N) is 1. The van der Waals surface area contributed by atoms with Gasteiger partial charge in [-0.05, 0) is 13.8 Å². The Labute approximate surface area is 98.5 Å². The molecule has 0 aliphatic heterocycles. The first-order chi connectivity index (χ1) is 8.16. The standard InChI is InChI=1S/C10H14N6O/c1-6-9(11)13-5-14-10(6)12-4-3-8-15-7(2)16-17-8/h5H,3-4H2,1-2H3,(H3,11,12,13,14). The maximum Gasteiger partial charge on any atom is 0.228 e. The van der Waals surface area contributed by atoms with E-state index in [-0.39, 0.29) is 0 Å². The van der Waals surface area contributed by atoms with Crippen LogP contribution in [0.25, 0.3) is 0 Å². The lowest BCUT2D eigenvalue weighted by molar-refractivity contribution is 0.377. The number of aryl methyl sites for hydroxylation is 1. The van der Waals surface area contributed by atoms with Gasteiger partial charge in [-0.25, -0.2) is 9.97 Å². The Morgan fingerprint density at radius 3 is 2.88 bits per heavy atom. The Kier molecular flexibility index (Phi) is 3.17. The van der Waals surface area contributed by atoms with Crippen LogP contribution in [0.15, 0.2) is 10.9 Å². The van der Waals surface area contributed by atoms with E-state index in [0.29, 0.717) is 30.5 Å². The average molecular weight is 234 g/mol. The second-order valence-electron chi connectivity index (χ2n) is 3.64. The summed E-state index contributed by atoms with van der Waals surface area (Å²) in [6, 6.07) is 0. The smallest absolute Gasteiger partial charge is 0.228 e. The van der Waals surface area contributed by atoms with E-state index in [2.05, 4.69) is 25.4 Å². The zero-order valence-electron chi connectivity index (χ0n) is 9.77. The lowest BCUT2D eigenvalue weighted by Crippen LogP contribution is -2.09. The molecule has 2 aromatic rings. The first-order valence-corrected chi connectivity index (χ1v) is 5.27. The topological polar surface area (TPSA) is 103 Å². The van der Waals surface area contributed by atoms with Crippen LogP contribution >= 0.6 is 0 Å². The van der Waals surface area contributed by atoms with Gasteiger partial charge in [0.1, 0.15) is 18.0 Å². The van der Waals surface area contributed by atoms with Crippen molar-refractivity contribution in [1.82, 2.24) is 20.1 Å². The van der Waals surface area contributed by atoms with E-state index in [4.69, 9.17) is 10.3 Å². The maximum atomic E-state index is 5.67. The summed E-state index contributed by atoms with van der Waals surface area (Å²) in [4.78, 5) is 12.1. The van der Waals surface area contributed by atoms with Crippen molar-refractivity contribution in [3.8, 4) is 0 Å². The van der Waals surface area contributed by atoms with Crippen LogP contribution in [0.5, 0.6) is 0 Å². The van der Waals surface area contributed by atoms with Crippen LogP contribution in [-0.4, -0.2) is 26.7 Å². The van der Waals surface area contributed by atoms with Gasteiger partial charge < -0.3 is 15.6 Å². The Hall–Kier alpha value is -2.18. The summed E-state index contributed by atoms with van der Waals surface area (Å²) in [6.07, 6.45) is 2.08. The highest BCUT2D eigenvalue weighted by Crippen LogP contribution is 2.14. The summed E-state index contributed by atoms with van der Waals surface area (Å²) >= 11 is 0. The first-order valence-electron chi connectivity index (χ1n) is 5.27. The van der Waals surface area contributed by atoms with Crippen molar-refractivity contribution >= 4 is 11.6 Å². The molecule has 7 heteroatoms. The molecule has 0 aliphatic carbocycles. The van der Waals surface area contributed by atoms with Gasteiger partial charge in [0.05, 0.1) is 0 Å². The van der Waals surface area contributed by atoms with Gasteiger partial charge in [-0.3, -0.25) is 0 Å². The predicted octanol–water partition coefficient (Wildman–Crippen LogP) is 0.713. The highest BCUT2D eigenvalue weighted by Gasteiger charge is 2.05. The number of nitrogens with one attached hydrogen (secondary N) is 1. The van der Waals surface area contributed by atoms with E-state index in [0.717, 1.165) is 11.4 Å². The van der Waals surface area contributed by atoms with Gasteiger partial charge in [-0.15, -0.1) is 0 Å². The lowest BCUT2D eigenvalue weighted by atomic mass is 10.3. The first kappa shape index (κ1) is 11.3. The van der Waals surface area contributed by atoms with Crippen LogP contribution < -0.4 is 11.1 Å². The van der Waals surface area contributed by atoms with E-state index in [9.17, 15) is 0 Å². The van der Waals surface area contributed by atoms with Gasteiger partial charge in [0, 0.05) is 18.5 Å².